The molecule has 1 unspecified atom stereocenters. The Labute approximate surface area is 84.7 Å². The fourth-order valence-electron chi connectivity index (χ4n) is 1.18. The van der Waals surface area contributed by atoms with Crippen molar-refractivity contribution in [2.45, 2.75) is 13.0 Å². The zero-order valence-electron chi connectivity index (χ0n) is 8.57. The molecule has 1 atom stereocenters. The second-order valence-electron chi connectivity index (χ2n) is 3.35. The Morgan fingerprint density at radius 2 is 2.00 bits per heavy atom. The molecule has 1 aromatic carbocycles. The van der Waals surface area contributed by atoms with Crippen molar-refractivity contribution in [1.82, 2.24) is 0 Å². The van der Waals surface area contributed by atoms with Gasteiger partial charge in [-0.3, -0.25) is 0 Å². The summed E-state index contributed by atoms with van der Waals surface area (Å²) in [6.07, 6.45) is 0. The highest BCUT2D eigenvalue weighted by atomic mass is 15.1. The summed E-state index contributed by atoms with van der Waals surface area (Å²) in [4.78, 5) is 2.10. The molecule has 0 bridgehead atoms. The van der Waals surface area contributed by atoms with Gasteiger partial charge in [0.25, 0.3) is 0 Å². The first-order valence-corrected chi connectivity index (χ1v) is 4.62. The largest absolute Gasteiger partial charge is 0.371 e. The third-order valence-corrected chi connectivity index (χ3v) is 2.41. The highest BCUT2D eigenvalue weighted by Gasteiger charge is 2.07. The Kier molecular flexibility index (Phi) is 3.49. The Bertz CT molecular complexity index is 323. The molecular formula is C11H15N3. The molecule has 0 fully saturated rings. The molecular weight excluding hydrogens is 174 g/mol. The molecule has 14 heavy (non-hydrogen) atoms. The highest BCUT2D eigenvalue weighted by Crippen LogP contribution is 2.15. The summed E-state index contributed by atoms with van der Waals surface area (Å²) in [5.41, 5.74) is 7.34. The van der Waals surface area contributed by atoms with Crippen LogP contribution in [0.2, 0.25) is 0 Å². The van der Waals surface area contributed by atoms with Crippen molar-refractivity contribution in [2.75, 3.05) is 18.5 Å². The molecule has 0 aliphatic carbocycles. The van der Waals surface area contributed by atoms with Crippen LogP contribution in [-0.4, -0.2) is 19.6 Å². The number of hydrogen-bond donors (Lipinski definition) is 1. The fourth-order valence-corrected chi connectivity index (χ4v) is 1.18. The molecule has 3 nitrogen and oxygen atoms in total. The van der Waals surface area contributed by atoms with Crippen molar-refractivity contribution in [3.05, 3.63) is 29.8 Å². The molecule has 1 rings (SSSR count). The molecule has 0 saturated heterocycles. The first-order valence-electron chi connectivity index (χ1n) is 4.62. The first-order chi connectivity index (χ1) is 6.69. The van der Waals surface area contributed by atoms with Crippen LogP contribution in [0.25, 0.3) is 0 Å². The maximum atomic E-state index is 8.64. The van der Waals surface area contributed by atoms with Gasteiger partial charge in [-0.1, -0.05) is 0 Å². The molecule has 0 aliphatic rings. The lowest BCUT2D eigenvalue weighted by Gasteiger charge is -2.25. The molecule has 2 N–H and O–H groups in total. The van der Waals surface area contributed by atoms with Gasteiger partial charge in [-0.15, -0.1) is 0 Å². The van der Waals surface area contributed by atoms with Crippen LogP contribution in [0.15, 0.2) is 24.3 Å². The molecule has 0 saturated carbocycles. The maximum absolute atomic E-state index is 8.64. The number of nitrogens with two attached hydrogens (primary N) is 1. The summed E-state index contributed by atoms with van der Waals surface area (Å²) in [5, 5.41) is 8.64. The summed E-state index contributed by atoms with van der Waals surface area (Å²) in [6.45, 7) is 2.69. The molecule has 0 spiro atoms. The van der Waals surface area contributed by atoms with E-state index in [4.69, 9.17) is 11.0 Å². The lowest BCUT2D eigenvalue weighted by molar-refractivity contribution is 0.695. The van der Waals surface area contributed by atoms with Crippen LogP contribution in [0.5, 0.6) is 0 Å². The van der Waals surface area contributed by atoms with Crippen LogP contribution in [0, 0.1) is 11.3 Å². The van der Waals surface area contributed by atoms with Gasteiger partial charge in [0.05, 0.1) is 11.6 Å². The Balaban J connectivity index is 2.82. The van der Waals surface area contributed by atoms with Crippen molar-refractivity contribution >= 4 is 5.69 Å². The van der Waals surface area contributed by atoms with Crippen molar-refractivity contribution in [3.63, 3.8) is 0 Å². The van der Waals surface area contributed by atoms with Crippen molar-refractivity contribution in [2.24, 2.45) is 5.73 Å². The van der Waals surface area contributed by atoms with E-state index in [1.165, 1.54) is 0 Å². The van der Waals surface area contributed by atoms with Crippen LogP contribution in [0.1, 0.15) is 12.5 Å². The van der Waals surface area contributed by atoms with E-state index in [2.05, 4.69) is 17.9 Å². The van der Waals surface area contributed by atoms with Gasteiger partial charge in [0.15, 0.2) is 0 Å². The molecule has 0 heterocycles. The molecule has 3 heteroatoms. The summed E-state index contributed by atoms with van der Waals surface area (Å²) >= 11 is 0. The first kappa shape index (κ1) is 10.6. The van der Waals surface area contributed by atoms with Gasteiger partial charge in [0.1, 0.15) is 0 Å². The minimum Gasteiger partial charge on any atom is -0.371 e. The lowest BCUT2D eigenvalue weighted by Crippen LogP contribution is -2.35. The van der Waals surface area contributed by atoms with Crippen LogP contribution >= 0.6 is 0 Å². The van der Waals surface area contributed by atoms with E-state index >= 15 is 0 Å². The van der Waals surface area contributed by atoms with E-state index in [-0.39, 0.29) is 0 Å². The summed E-state index contributed by atoms with van der Waals surface area (Å²) in [7, 11) is 2.00. The number of hydrogen-bond acceptors (Lipinski definition) is 3. The molecule has 74 valence electrons. The SMILES string of the molecule is CC(CN)N(C)c1ccc(C#N)cc1. The lowest BCUT2D eigenvalue weighted by atomic mass is 10.2. The van der Waals surface area contributed by atoms with Crippen molar-refractivity contribution in [3.8, 4) is 6.07 Å². The van der Waals surface area contributed by atoms with E-state index < -0.39 is 0 Å². The minimum absolute atomic E-state index is 0.308. The minimum atomic E-state index is 0.308. The fraction of sp³-hybridized carbons (Fsp3) is 0.364. The Morgan fingerprint density at radius 1 is 1.43 bits per heavy atom. The van der Waals surface area contributed by atoms with Gasteiger partial charge in [-0.25, -0.2) is 0 Å². The molecule has 0 aliphatic heterocycles. The number of likely N-dealkylation sites (N-methyl/N-ethyl adjacent to an activating group) is 1. The number of nitrogens with zero attached hydrogens (tertiary/aromatic N) is 2. The highest BCUT2D eigenvalue weighted by molar-refractivity contribution is 5.49. The molecule has 0 radical (unpaired) electrons. The zero-order chi connectivity index (χ0) is 10.6. The quantitative estimate of drug-likeness (QED) is 0.780. The van der Waals surface area contributed by atoms with Gasteiger partial charge >= 0.3 is 0 Å². The van der Waals surface area contributed by atoms with Crippen molar-refractivity contribution < 1.29 is 0 Å². The topological polar surface area (TPSA) is 53.0 Å². The van der Waals surface area contributed by atoms with Gasteiger partial charge in [0, 0.05) is 25.3 Å². The Morgan fingerprint density at radius 3 is 2.43 bits per heavy atom. The van der Waals surface area contributed by atoms with E-state index in [1.54, 1.807) is 0 Å². The van der Waals surface area contributed by atoms with Crippen LogP contribution < -0.4 is 10.6 Å². The van der Waals surface area contributed by atoms with Crippen LogP contribution in [-0.2, 0) is 0 Å². The average molecular weight is 189 g/mol. The van der Waals surface area contributed by atoms with Gasteiger partial charge in [-0.2, -0.15) is 5.26 Å². The predicted octanol–water partition coefficient (Wildman–Crippen LogP) is 1.34. The average Bonchev–Trinajstić information content (AvgIpc) is 2.27. The van der Waals surface area contributed by atoms with Crippen LogP contribution in [0.3, 0.4) is 0 Å². The normalized spacial score (nSPS) is 11.9. The predicted molar refractivity (Wildman–Crippen MR) is 58.1 cm³/mol. The number of rotatable bonds is 3. The van der Waals surface area contributed by atoms with E-state index in [1.807, 2.05) is 31.3 Å². The third kappa shape index (κ3) is 2.24. The third-order valence-electron chi connectivity index (χ3n) is 2.41. The standard InChI is InChI=1S/C11H15N3/c1-9(7-12)14(2)11-5-3-10(8-13)4-6-11/h3-6,9H,7,12H2,1-2H3. The van der Waals surface area contributed by atoms with Gasteiger partial charge in [0.2, 0.25) is 0 Å². The Hall–Kier alpha value is -1.53. The van der Waals surface area contributed by atoms with E-state index in [0.29, 0.717) is 18.2 Å². The van der Waals surface area contributed by atoms with E-state index in [9.17, 15) is 0 Å². The monoisotopic (exact) mass is 189 g/mol. The number of benzene rings is 1. The zero-order valence-corrected chi connectivity index (χ0v) is 8.57. The van der Waals surface area contributed by atoms with Gasteiger partial charge < -0.3 is 10.6 Å². The van der Waals surface area contributed by atoms with Crippen LogP contribution in [0.4, 0.5) is 5.69 Å². The maximum Gasteiger partial charge on any atom is 0.0991 e. The summed E-state index contributed by atoms with van der Waals surface area (Å²) < 4.78 is 0. The smallest absolute Gasteiger partial charge is 0.0991 e. The molecule has 0 aromatic heterocycles. The molecule has 1 aromatic rings. The summed E-state index contributed by atoms with van der Waals surface area (Å²) in [5.74, 6) is 0. The number of nitriles is 1. The summed E-state index contributed by atoms with van der Waals surface area (Å²) in [6, 6.07) is 9.90. The second-order valence-corrected chi connectivity index (χ2v) is 3.35. The van der Waals surface area contributed by atoms with Gasteiger partial charge in [-0.05, 0) is 31.2 Å². The number of anilines is 1. The second kappa shape index (κ2) is 4.64. The molecule has 0 amide bonds. The van der Waals surface area contributed by atoms with E-state index in [0.717, 1.165) is 5.69 Å². The van der Waals surface area contributed by atoms with Crippen molar-refractivity contribution in [1.29, 1.82) is 5.26 Å².